The first-order valence-electron chi connectivity index (χ1n) is 7.94. The molecule has 0 bridgehead atoms. The molecule has 1 aromatic rings. The normalized spacial score (nSPS) is 24.1. The predicted molar refractivity (Wildman–Crippen MR) is 87.8 cm³/mol. The largest absolute Gasteiger partial charge is 0.496 e. The quantitative estimate of drug-likeness (QED) is 0.913. The van der Waals surface area contributed by atoms with Gasteiger partial charge in [0.05, 0.1) is 12.8 Å². The van der Waals surface area contributed by atoms with Crippen LogP contribution in [0.5, 0.6) is 5.75 Å². The molecule has 2 heterocycles. The smallest absolute Gasteiger partial charge is 0.269 e. The minimum Gasteiger partial charge on any atom is -0.496 e. The number of hydrogen-bond acceptors (Lipinski definition) is 5. The highest BCUT2D eigenvalue weighted by Gasteiger charge is 2.44. The van der Waals surface area contributed by atoms with Gasteiger partial charge in [-0.3, -0.25) is 4.79 Å². The molecule has 0 radical (unpaired) electrons. The van der Waals surface area contributed by atoms with E-state index in [1.807, 2.05) is 36.9 Å². The standard InChI is InChI=1S/C17H23N3O3/c1-12-10-13(4-5-15(12)22-3)14-11-17(2,23-19-14)16(21)20-8-6-18-7-9-20/h4-5,10,18H,6-9,11H2,1-3H3. The molecule has 23 heavy (non-hydrogen) atoms. The molecule has 0 aromatic heterocycles. The molecule has 124 valence electrons. The van der Waals surface area contributed by atoms with E-state index >= 15 is 0 Å². The molecular formula is C17H23N3O3. The van der Waals surface area contributed by atoms with Crippen molar-refractivity contribution in [1.29, 1.82) is 0 Å². The van der Waals surface area contributed by atoms with Crippen LogP contribution in [0.2, 0.25) is 0 Å². The summed E-state index contributed by atoms with van der Waals surface area (Å²) in [6.45, 7) is 6.90. The summed E-state index contributed by atoms with van der Waals surface area (Å²) in [5, 5.41) is 7.43. The number of benzene rings is 1. The van der Waals surface area contributed by atoms with Gasteiger partial charge < -0.3 is 19.8 Å². The average molecular weight is 317 g/mol. The van der Waals surface area contributed by atoms with Crippen LogP contribution in [0, 0.1) is 6.92 Å². The van der Waals surface area contributed by atoms with Crippen LogP contribution in [0.25, 0.3) is 0 Å². The first kappa shape index (κ1) is 15.8. The van der Waals surface area contributed by atoms with Crippen molar-refractivity contribution >= 4 is 11.6 Å². The zero-order chi connectivity index (χ0) is 16.4. The minimum absolute atomic E-state index is 0.0167. The average Bonchev–Trinajstić information content (AvgIpc) is 2.98. The Morgan fingerprint density at radius 1 is 1.39 bits per heavy atom. The molecule has 1 atom stereocenters. The lowest BCUT2D eigenvalue weighted by molar-refractivity contribution is -0.153. The van der Waals surface area contributed by atoms with Crippen LogP contribution in [0.3, 0.4) is 0 Å². The van der Waals surface area contributed by atoms with Gasteiger partial charge in [-0.05, 0) is 43.2 Å². The SMILES string of the molecule is COc1ccc(C2=NOC(C)(C(=O)N3CCNCC3)C2)cc1C. The van der Waals surface area contributed by atoms with E-state index in [0.29, 0.717) is 6.42 Å². The molecule has 1 fully saturated rings. The number of amides is 1. The van der Waals surface area contributed by atoms with Gasteiger partial charge >= 0.3 is 0 Å². The van der Waals surface area contributed by atoms with E-state index in [4.69, 9.17) is 9.57 Å². The zero-order valence-corrected chi connectivity index (χ0v) is 13.9. The Morgan fingerprint density at radius 3 is 2.78 bits per heavy atom. The lowest BCUT2D eigenvalue weighted by atomic mass is 9.93. The van der Waals surface area contributed by atoms with Crippen LogP contribution in [-0.4, -0.2) is 55.4 Å². The van der Waals surface area contributed by atoms with Gasteiger partial charge in [0.15, 0.2) is 0 Å². The van der Waals surface area contributed by atoms with Crippen molar-refractivity contribution in [3.05, 3.63) is 29.3 Å². The number of aryl methyl sites for hydroxylation is 1. The maximum absolute atomic E-state index is 12.7. The van der Waals surface area contributed by atoms with Crippen molar-refractivity contribution in [2.75, 3.05) is 33.3 Å². The Bertz CT molecular complexity index is 638. The Hall–Kier alpha value is -2.08. The van der Waals surface area contributed by atoms with Gasteiger partial charge in [-0.2, -0.15) is 0 Å². The summed E-state index contributed by atoms with van der Waals surface area (Å²) in [7, 11) is 1.65. The van der Waals surface area contributed by atoms with E-state index in [1.54, 1.807) is 7.11 Å². The first-order chi connectivity index (χ1) is 11.0. The molecule has 1 saturated heterocycles. The van der Waals surface area contributed by atoms with Crippen molar-refractivity contribution < 1.29 is 14.4 Å². The van der Waals surface area contributed by atoms with Gasteiger partial charge in [0, 0.05) is 32.6 Å². The summed E-state index contributed by atoms with van der Waals surface area (Å²) in [5.41, 5.74) is 1.91. The van der Waals surface area contributed by atoms with Crippen molar-refractivity contribution in [2.24, 2.45) is 5.16 Å². The van der Waals surface area contributed by atoms with Gasteiger partial charge in [-0.25, -0.2) is 0 Å². The maximum atomic E-state index is 12.7. The summed E-state index contributed by atoms with van der Waals surface area (Å²) in [5.74, 6) is 0.857. The van der Waals surface area contributed by atoms with Crippen LogP contribution >= 0.6 is 0 Å². The van der Waals surface area contributed by atoms with Crippen LogP contribution in [0.4, 0.5) is 0 Å². The lowest BCUT2D eigenvalue weighted by Gasteiger charge is -2.32. The van der Waals surface area contributed by atoms with E-state index in [2.05, 4.69) is 10.5 Å². The number of nitrogens with zero attached hydrogens (tertiary/aromatic N) is 2. The van der Waals surface area contributed by atoms with Crippen LogP contribution in [0.1, 0.15) is 24.5 Å². The molecule has 2 aliphatic heterocycles. The second-order valence-corrected chi connectivity index (χ2v) is 6.26. The minimum atomic E-state index is -0.902. The predicted octanol–water partition coefficient (Wildman–Crippen LogP) is 1.32. The Labute approximate surface area is 136 Å². The summed E-state index contributed by atoms with van der Waals surface area (Å²) in [4.78, 5) is 20.2. The van der Waals surface area contributed by atoms with Gasteiger partial charge in [-0.15, -0.1) is 0 Å². The number of rotatable bonds is 3. The van der Waals surface area contributed by atoms with E-state index in [1.165, 1.54) is 0 Å². The summed E-state index contributed by atoms with van der Waals surface area (Å²) in [6.07, 6.45) is 0.488. The van der Waals surface area contributed by atoms with E-state index in [0.717, 1.165) is 48.8 Å². The monoisotopic (exact) mass is 317 g/mol. The third kappa shape index (κ3) is 3.03. The maximum Gasteiger partial charge on any atom is 0.269 e. The second kappa shape index (κ2) is 6.20. The third-order valence-electron chi connectivity index (χ3n) is 4.45. The van der Waals surface area contributed by atoms with Gasteiger partial charge in [0.1, 0.15) is 5.75 Å². The Kier molecular flexibility index (Phi) is 4.26. The molecular weight excluding hydrogens is 294 g/mol. The molecule has 0 spiro atoms. The number of carbonyl (C=O) groups excluding carboxylic acids is 1. The van der Waals surface area contributed by atoms with Gasteiger partial charge in [-0.1, -0.05) is 5.16 Å². The van der Waals surface area contributed by atoms with E-state index in [9.17, 15) is 4.79 Å². The third-order valence-corrected chi connectivity index (χ3v) is 4.45. The fraction of sp³-hybridized carbons (Fsp3) is 0.529. The number of hydrogen-bond donors (Lipinski definition) is 1. The molecule has 2 aliphatic rings. The molecule has 6 nitrogen and oxygen atoms in total. The summed E-state index contributed by atoms with van der Waals surface area (Å²) < 4.78 is 5.28. The number of nitrogens with one attached hydrogen (secondary N) is 1. The fourth-order valence-corrected chi connectivity index (χ4v) is 3.07. The fourth-order valence-electron chi connectivity index (χ4n) is 3.07. The summed E-state index contributed by atoms with van der Waals surface area (Å²) in [6, 6.07) is 5.89. The van der Waals surface area contributed by atoms with E-state index < -0.39 is 5.60 Å². The molecule has 1 unspecified atom stereocenters. The number of ether oxygens (including phenoxy) is 1. The highest BCUT2D eigenvalue weighted by molar-refractivity contribution is 6.05. The van der Waals surface area contributed by atoms with Crippen molar-refractivity contribution in [1.82, 2.24) is 10.2 Å². The van der Waals surface area contributed by atoms with Crippen LogP contribution < -0.4 is 10.1 Å². The lowest BCUT2D eigenvalue weighted by Crippen LogP contribution is -2.54. The highest BCUT2D eigenvalue weighted by atomic mass is 16.7. The molecule has 6 heteroatoms. The molecule has 1 amide bonds. The number of piperazine rings is 1. The number of methoxy groups -OCH3 is 1. The second-order valence-electron chi connectivity index (χ2n) is 6.26. The summed E-state index contributed by atoms with van der Waals surface area (Å²) >= 11 is 0. The van der Waals surface area contributed by atoms with Crippen molar-refractivity contribution in [3.8, 4) is 5.75 Å². The van der Waals surface area contributed by atoms with Crippen LogP contribution in [-0.2, 0) is 9.63 Å². The van der Waals surface area contributed by atoms with Crippen molar-refractivity contribution in [3.63, 3.8) is 0 Å². The number of oxime groups is 1. The van der Waals surface area contributed by atoms with Crippen molar-refractivity contribution in [2.45, 2.75) is 25.9 Å². The van der Waals surface area contributed by atoms with Gasteiger partial charge in [0.2, 0.25) is 5.60 Å². The molecule has 3 rings (SSSR count). The zero-order valence-electron chi connectivity index (χ0n) is 13.9. The Balaban J connectivity index is 1.73. The number of carbonyl (C=O) groups is 1. The molecule has 1 N–H and O–H groups in total. The van der Waals surface area contributed by atoms with E-state index in [-0.39, 0.29) is 5.91 Å². The molecule has 0 saturated carbocycles. The topological polar surface area (TPSA) is 63.2 Å². The highest BCUT2D eigenvalue weighted by Crippen LogP contribution is 2.30. The van der Waals surface area contributed by atoms with Gasteiger partial charge in [0.25, 0.3) is 5.91 Å². The first-order valence-corrected chi connectivity index (χ1v) is 7.94. The molecule has 1 aromatic carbocycles. The Morgan fingerprint density at radius 2 is 2.13 bits per heavy atom. The molecule has 0 aliphatic carbocycles. The van der Waals surface area contributed by atoms with Crippen LogP contribution in [0.15, 0.2) is 23.4 Å².